The molecule has 19 heavy (non-hydrogen) atoms. The minimum Gasteiger partial charge on any atom is -0.358 e. The standard InChI is InChI=1S/C15H14F2N2/c16-13-5-10(7-18)6-14(17)15(13)19-8-11-3-1-2-4-12(11)9-19/h1-6H,7-9,18H2. The van der Waals surface area contributed by atoms with E-state index in [9.17, 15) is 8.78 Å². The molecule has 98 valence electrons. The van der Waals surface area contributed by atoms with Gasteiger partial charge in [-0.3, -0.25) is 0 Å². The van der Waals surface area contributed by atoms with Gasteiger partial charge >= 0.3 is 0 Å². The maximum Gasteiger partial charge on any atom is 0.149 e. The molecule has 2 nitrogen and oxygen atoms in total. The first-order valence-electron chi connectivity index (χ1n) is 6.18. The van der Waals surface area contributed by atoms with Crippen LogP contribution in [0, 0.1) is 11.6 Å². The Kier molecular flexibility index (Phi) is 2.95. The van der Waals surface area contributed by atoms with E-state index in [0.717, 1.165) is 11.1 Å². The largest absolute Gasteiger partial charge is 0.358 e. The number of fused-ring (bicyclic) bond motifs is 1. The van der Waals surface area contributed by atoms with Crippen molar-refractivity contribution in [1.82, 2.24) is 0 Å². The van der Waals surface area contributed by atoms with Crippen molar-refractivity contribution in [3.63, 3.8) is 0 Å². The van der Waals surface area contributed by atoms with Crippen LogP contribution in [0.25, 0.3) is 0 Å². The van der Waals surface area contributed by atoms with E-state index >= 15 is 0 Å². The van der Waals surface area contributed by atoms with Crippen LogP contribution in [0.3, 0.4) is 0 Å². The molecule has 4 heteroatoms. The average molecular weight is 260 g/mol. The van der Waals surface area contributed by atoms with Gasteiger partial charge in [-0.05, 0) is 28.8 Å². The zero-order chi connectivity index (χ0) is 13.4. The number of nitrogens with two attached hydrogens (primary N) is 1. The molecule has 0 amide bonds. The summed E-state index contributed by atoms with van der Waals surface area (Å²) in [5.41, 5.74) is 8.15. The molecule has 0 atom stereocenters. The molecule has 0 saturated carbocycles. The highest BCUT2D eigenvalue weighted by Crippen LogP contribution is 2.32. The van der Waals surface area contributed by atoms with Crippen LogP contribution in [0.15, 0.2) is 36.4 Å². The smallest absolute Gasteiger partial charge is 0.149 e. The Hall–Kier alpha value is -1.94. The zero-order valence-corrected chi connectivity index (χ0v) is 10.4. The van der Waals surface area contributed by atoms with Crippen molar-refractivity contribution in [2.45, 2.75) is 19.6 Å². The molecule has 2 aromatic carbocycles. The van der Waals surface area contributed by atoms with Crippen LogP contribution in [0.4, 0.5) is 14.5 Å². The lowest BCUT2D eigenvalue weighted by atomic mass is 10.1. The number of hydrogen-bond donors (Lipinski definition) is 1. The summed E-state index contributed by atoms with van der Waals surface area (Å²) in [6.07, 6.45) is 0. The Labute approximate surface area is 110 Å². The van der Waals surface area contributed by atoms with Gasteiger partial charge in [0.1, 0.15) is 17.3 Å². The molecule has 0 bridgehead atoms. The number of nitrogens with zero attached hydrogens (tertiary/aromatic N) is 1. The molecule has 0 saturated heterocycles. The number of rotatable bonds is 2. The van der Waals surface area contributed by atoms with E-state index in [2.05, 4.69) is 0 Å². The van der Waals surface area contributed by atoms with Crippen molar-refractivity contribution in [2.75, 3.05) is 4.90 Å². The van der Waals surface area contributed by atoms with Gasteiger partial charge in [0.2, 0.25) is 0 Å². The fourth-order valence-corrected chi connectivity index (χ4v) is 2.53. The summed E-state index contributed by atoms with van der Waals surface area (Å²) in [4.78, 5) is 1.72. The molecule has 3 rings (SSSR count). The minimum absolute atomic E-state index is 0.0356. The molecule has 0 spiro atoms. The molecule has 0 fully saturated rings. The highest BCUT2D eigenvalue weighted by Gasteiger charge is 2.24. The van der Waals surface area contributed by atoms with E-state index < -0.39 is 11.6 Å². The Bertz CT molecular complexity index is 577. The Morgan fingerprint density at radius 1 is 1.00 bits per heavy atom. The molecule has 0 aromatic heterocycles. The highest BCUT2D eigenvalue weighted by molar-refractivity contribution is 5.54. The molecular formula is C15H14F2N2. The average Bonchev–Trinajstić information content (AvgIpc) is 2.80. The molecule has 0 radical (unpaired) electrons. The van der Waals surface area contributed by atoms with Gasteiger partial charge in [0.25, 0.3) is 0 Å². The molecule has 1 heterocycles. The number of benzene rings is 2. The highest BCUT2D eigenvalue weighted by atomic mass is 19.1. The molecule has 1 aliphatic heterocycles. The van der Waals surface area contributed by atoms with Crippen molar-refractivity contribution < 1.29 is 8.78 Å². The summed E-state index contributed by atoms with van der Waals surface area (Å²) < 4.78 is 28.1. The van der Waals surface area contributed by atoms with Gasteiger partial charge in [-0.2, -0.15) is 0 Å². The Morgan fingerprint density at radius 2 is 1.53 bits per heavy atom. The molecule has 0 unspecified atom stereocenters. The van der Waals surface area contributed by atoms with Gasteiger partial charge in [0, 0.05) is 19.6 Å². The molecule has 2 N–H and O–H groups in total. The molecular weight excluding hydrogens is 246 g/mol. The summed E-state index contributed by atoms with van der Waals surface area (Å²) in [6, 6.07) is 10.5. The minimum atomic E-state index is -0.548. The quantitative estimate of drug-likeness (QED) is 0.899. The first kappa shape index (κ1) is 12.1. The van der Waals surface area contributed by atoms with E-state index in [1.165, 1.54) is 12.1 Å². The van der Waals surface area contributed by atoms with Gasteiger partial charge in [-0.15, -0.1) is 0 Å². The van der Waals surface area contributed by atoms with Crippen molar-refractivity contribution in [3.05, 3.63) is 64.7 Å². The van der Waals surface area contributed by atoms with Crippen LogP contribution in [0.2, 0.25) is 0 Å². The maximum atomic E-state index is 14.0. The summed E-state index contributed by atoms with van der Waals surface area (Å²) >= 11 is 0. The number of halogens is 2. The third-order valence-corrected chi connectivity index (χ3v) is 3.47. The van der Waals surface area contributed by atoms with Crippen LogP contribution < -0.4 is 10.6 Å². The van der Waals surface area contributed by atoms with Crippen LogP contribution in [-0.4, -0.2) is 0 Å². The van der Waals surface area contributed by atoms with E-state index in [1.807, 2.05) is 24.3 Å². The lowest BCUT2D eigenvalue weighted by molar-refractivity contribution is 0.570. The normalized spacial score (nSPS) is 13.7. The third kappa shape index (κ3) is 2.08. The van der Waals surface area contributed by atoms with Gasteiger partial charge in [-0.25, -0.2) is 8.78 Å². The molecule has 0 aliphatic carbocycles. The second-order valence-corrected chi connectivity index (χ2v) is 4.74. The first-order valence-corrected chi connectivity index (χ1v) is 6.18. The summed E-state index contributed by atoms with van der Waals surface area (Å²) in [6.45, 7) is 1.20. The van der Waals surface area contributed by atoms with E-state index in [4.69, 9.17) is 5.73 Å². The Morgan fingerprint density at radius 3 is 2.00 bits per heavy atom. The van der Waals surface area contributed by atoms with Crippen molar-refractivity contribution in [2.24, 2.45) is 5.73 Å². The van der Waals surface area contributed by atoms with E-state index in [0.29, 0.717) is 18.7 Å². The summed E-state index contributed by atoms with van der Waals surface area (Å²) in [7, 11) is 0. The third-order valence-electron chi connectivity index (χ3n) is 3.47. The summed E-state index contributed by atoms with van der Waals surface area (Å²) in [5, 5.41) is 0. The Balaban J connectivity index is 1.97. The van der Waals surface area contributed by atoms with Crippen molar-refractivity contribution in [1.29, 1.82) is 0 Å². The van der Waals surface area contributed by atoms with Crippen molar-refractivity contribution >= 4 is 5.69 Å². The van der Waals surface area contributed by atoms with E-state index in [-0.39, 0.29) is 12.2 Å². The van der Waals surface area contributed by atoms with Crippen LogP contribution >= 0.6 is 0 Å². The maximum absolute atomic E-state index is 14.0. The van der Waals surface area contributed by atoms with Crippen molar-refractivity contribution in [3.8, 4) is 0 Å². The van der Waals surface area contributed by atoms with Gasteiger partial charge in [-0.1, -0.05) is 24.3 Å². The van der Waals surface area contributed by atoms with Gasteiger partial charge in [0.05, 0.1) is 0 Å². The second kappa shape index (κ2) is 4.63. The van der Waals surface area contributed by atoms with Crippen LogP contribution in [0.5, 0.6) is 0 Å². The first-order chi connectivity index (χ1) is 9.19. The van der Waals surface area contributed by atoms with E-state index in [1.54, 1.807) is 4.90 Å². The fraction of sp³-hybridized carbons (Fsp3) is 0.200. The number of hydrogen-bond acceptors (Lipinski definition) is 2. The predicted molar refractivity (Wildman–Crippen MR) is 70.6 cm³/mol. The van der Waals surface area contributed by atoms with Gasteiger partial charge in [0.15, 0.2) is 0 Å². The monoisotopic (exact) mass is 260 g/mol. The van der Waals surface area contributed by atoms with Gasteiger partial charge < -0.3 is 10.6 Å². The van der Waals surface area contributed by atoms with Crippen LogP contribution in [0.1, 0.15) is 16.7 Å². The fourth-order valence-electron chi connectivity index (χ4n) is 2.53. The zero-order valence-electron chi connectivity index (χ0n) is 10.4. The lowest BCUT2D eigenvalue weighted by Crippen LogP contribution is -2.18. The second-order valence-electron chi connectivity index (χ2n) is 4.74. The van der Waals surface area contributed by atoms with Crippen LogP contribution in [-0.2, 0) is 19.6 Å². The molecule has 2 aromatic rings. The predicted octanol–water partition coefficient (Wildman–Crippen LogP) is 2.94. The SMILES string of the molecule is NCc1cc(F)c(N2Cc3ccccc3C2)c(F)c1. The molecule has 1 aliphatic rings. The summed E-state index contributed by atoms with van der Waals surface area (Å²) in [5.74, 6) is -1.10. The lowest BCUT2D eigenvalue weighted by Gasteiger charge is -2.19. The number of anilines is 1. The topological polar surface area (TPSA) is 29.3 Å².